The van der Waals surface area contributed by atoms with Gasteiger partial charge in [-0.3, -0.25) is 0 Å². The van der Waals surface area contributed by atoms with Crippen LogP contribution >= 0.6 is 11.6 Å². The summed E-state index contributed by atoms with van der Waals surface area (Å²) in [6, 6.07) is 10.7. The predicted molar refractivity (Wildman–Crippen MR) is 121 cm³/mol. The van der Waals surface area contributed by atoms with Crippen LogP contribution in [0.15, 0.2) is 61.2 Å². The van der Waals surface area contributed by atoms with Gasteiger partial charge in [-0.2, -0.15) is 4.98 Å². The van der Waals surface area contributed by atoms with E-state index in [9.17, 15) is 8.78 Å². The number of fused-ring (bicyclic) bond motifs is 1. The zero-order valence-electron chi connectivity index (χ0n) is 17.6. The van der Waals surface area contributed by atoms with Gasteiger partial charge in [0.15, 0.2) is 5.65 Å². The second-order valence-corrected chi connectivity index (χ2v) is 7.74. The zero-order chi connectivity index (χ0) is 23.1. The summed E-state index contributed by atoms with van der Waals surface area (Å²) in [5.74, 6) is -0.154. The molecule has 0 saturated carbocycles. The van der Waals surface area contributed by atoms with Gasteiger partial charge >= 0.3 is 0 Å². The Morgan fingerprint density at radius 3 is 2.58 bits per heavy atom. The Bertz CT molecular complexity index is 1500. The first kappa shape index (κ1) is 20.9. The van der Waals surface area contributed by atoms with E-state index >= 15 is 0 Å². The van der Waals surface area contributed by atoms with Crippen molar-refractivity contribution in [3.8, 4) is 22.6 Å². The number of nitrogens with one attached hydrogen (secondary N) is 1. The summed E-state index contributed by atoms with van der Waals surface area (Å²) >= 11 is 6.20. The molecule has 2 aromatic carbocycles. The number of halogens is 3. The molecular weight excluding hydrogens is 450 g/mol. The minimum absolute atomic E-state index is 0.148. The fraction of sp³-hybridized carbons (Fsp3) is 0.0870. The SMILES string of the molecule is COc1cc(Nc2nc3c(-c4ccc(F)cc4Cl)cc(F)cn3n2)ccc1-n1cnc(C)c1. The van der Waals surface area contributed by atoms with Gasteiger partial charge < -0.3 is 14.6 Å². The van der Waals surface area contributed by atoms with Gasteiger partial charge in [-0.1, -0.05) is 11.6 Å². The number of pyridine rings is 1. The van der Waals surface area contributed by atoms with E-state index in [0.29, 0.717) is 28.2 Å². The molecule has 5 aromatic rings. The number of rotatable bonds is 5. The molecule has 0 spiro atoms. The molecule has 10 heteroatoms. The monoisotopic (exact) mass is 466 g/mol. The second kappa shape index (κ2) is 8.18. The topological polar surface area (TPSA) is 69.3 Å². The largest absolute Gasteiger partial charge is 0.494 e. The van der Waals surface area contributed by atoms with Crippen LogP contribution in [0.3, 0.4) is 0 Å². The highest BCUT2D eigenvalue weighted by atomic mass is 35.5. The van der Waals surface area contributed by atoms with Crippen LogP contribution in [0.25, 0.3) is 22.5 Å². The summed E-state index contributed by atoms with van der Waals surface area (Å²) in [5, 5.41) is 7.58. The molecule has 33 heavy (non-hydrogen) atoms. The lowest BCUT2D eigenvalue weighted by molar-refractivity contribution is 0.413. The number of hydrogen-bond acceptors (Lipinski definition) is 5. The predicted octanol–water partition coefficient (Wildman–Crippen LogP) is 5.57. The number of ether oxygens (including phenoxy) is 1. The summed E-state index contributed by atoms with van der Waals surface area (Å²) in [7, 11) is 1.58. The van der Waals surface area contributed by atoms with Gasteiger partial charge in [0.2, 0.25) is 5.95 Å². The maximum atomic E-state index is 14.3. The normalized spacial score (nSPS) is 11.2. The first-order valence-electron chi connectivity index (χ1n) is 9.88. The number of benzene rings is 2. The highest BCUT2D eigenvalue weighted by molar-refractivity contribution is 6.33. The summed E-state index contributed by atoms with van der Waals surface area (Å²) in [6.45, 7) is 1.91. The van der Waals surface area contributed by atoms with Gasteiger partial charge in [0.25, 0.3) is 0 Å². The molecule has 5 rings (SSSR count). The average Bonchev–Trinajstić information content (AvgIpc) is 3.39. The first-order chi connectivity index (χ1) is 15.9. The van der Waals surface area contributed by atoms with Crippen LogP contribution in [0.5, 0.6) is 5.75 Å². The molecule has 0 aliphatic heterocycles. The highest BCUT2D eigenvalue weighted by Gasteiger charge is 2.16. The summed E-state index contributed by atoms with van der Waals surface area (Å²) < 4.78 is 36.5. The van der Waals surface area contributed by atoms with Crippen LogP contribution in [-0.4, -0.2) is 31.3 Å². The lowest BCUT2D eigenvalue weighted by Gasteiger charge is -2.11. The molecule has 3 aromatic heterocycles. The van der Waals surface area contributed by atoms with Crippen molar-refractivity contribution in [1.82, 2.24) is 24.1 Å². The number of hydrogen-bond donors (Lipinski definition) is 1. The summed E-state index contributed by atoms with van der Waals surface area (Å²) in [4.78, 5) is 8.74. The number of aryl methyl sites for hydroxylation is 1. The molecule has 7 nitrogen and oxygen atoms in total. The molecule has 0 radical (unpaired) electrons. The fourth-order valence-electron chi connectivity index (χ4n) is 3.56. The zero-order valence-corrected chi connectivity index (χ0v) is 18.3. The van der Waals surface area contributed by atoms with Crippen molar-refractivity contribution in [3.05, 3.63) is 83.5 Å². The standard InChI is InChI=1S/C23H17ClF2N6O/c1-13-10-31(12-27-13)20-6-4-16(9-21(20)33-2)28-23-29-22-18(7-15(26)11-32(22)30-23)17-5-3-14(25)8-19(17)24/h3-12H,1-2H3,(H,28,30). The Labute approximate surface area is 192 Å². The van der Waals surface area contributed by atoms with Crippen molar-refractivity contribution in [2.45, 2.75) is 6.92 Å². The van der Waals surface area contributed by atoms with Crippen LogP contribution in [0.4, 0.5) is 20.4 Å². The minimum atomic E-state index is -0.531. The summed E-state index contributed by atoms with van der Waals surface area (Å²) in [6.07, 6.45) is 4.81. The van der Waals surface area contributed by atoms with Crippen LogP contribution in [-0.2, 0) is 0 Å². The van der Waals surface area contributed by atoms with E-state index in [2.05, 4.69) is 20.4 Å². The molecule has 0 aliphatic rings. The van der Waals surface area contributed by atoms with Gasteiger partial charge in [-0.05, 0) is 43.3 Å². The fourth-order valence-corrected chi connectivity index (χ4v) is 3.83. The van der Waals surface area contributed by atoms with Crippen LogP contribution in [0, 0.1) is 18.6 Å². The Kier molecular flexibility index (Phi) is 5.18. The number of anilines is 2. The van der Waals surface area contributed by atoms with Crippen molar-refractivity contribution in [2.75, 3.05) is 12.4 Å². The lowest BCUT2D eigenvalue weighted by Crippen LogP contribution is -1.98. The molecule has 3 heterocycles. The number of nitrogens with zero attached hydrogens (tertiary/aromatic N) is 5. The molecular formula is C23H17ClF2N6O. The van der Waals surface area contributed by atoms with Crippen LogP contribution < -0.4 is 10.1 Å². The van der Waals surface area contributed by atoms with E-state index in [1.165, 1.54) is 35.0 Å². The molecule has 166 valence electrons. The van der Waals surface area contributed by atoms with Crippen molar-refractivity contribution in [2.24, 2.45) is 0 Å². The minimum Gasteiger partial charge on any atom is -0.494 e. The van der Waals surface area contributed by atoms with Crippen molar-refractivity contribution in [3.63, 3.8) is 0 Å². The van der Waals surface area contributed by atoms with E-state index < -0.39 is 11.6 Å². The van der Waals surface area contributed by atoms with Crippen LogP contribution in [0.2, 0.25) is 5.02 Å². The molecule has 0 bridgehead atoms. The third-order valence-electron chi connectivity index (χ3n) is 5.05. The Morgan fingerprint density at radius 1 is 1.00 bits per heavy atom. The number of imidazole rings is 1. The highest BCUT2D eigenvalue weighted by Crippen LogP contribution is 2.33. The molecule has 0 amide bonds. The maximum Gasteiger partial charge on any atom is 0.247 e. The van der Waals surface area contributed by atoms with Crippen molar-refractivity contribution >= 4 is 28.9 Å². The Hall–Kier alpha value is -3.98. The van der Waals surface area contributed by atoms with E-state index in [1.54, 1.807) is 19.5 Å². The molecule has 0 saturated heterocycles. The second-order valence-electron chi connectivity index (χ2n) is 7.33. The quantitative estimate of drug-likeness (QED) is 0.366. The van der Waals surface area contributed by atoms with Crippen molar-refractivity contribution < 1.29 is 13.5 Å². The van der Waals surface area contributed by atoms with E-state index in [0.717, 1.165) is 11.4 Å². The van der Waals surface area contributed by atoms with E-state index in [-0.39, 0.29) is 11.0 Å². The average molecular weight is 467 g/mol. The van der Waals surface area contributed by atoms with Gasteiger partial charge in [0, 0.05) is 29.1 Å². The van der Waals surface area contributed by atoms with Gasteiger partial charge in [0.1, 0.15) is 17.4 Å². The summed E-state index contributed by atoms with van der Waals surface area (Å²) in [5.41, 5.74) is 3.58. The van der Waals surface area contributed by atoms with E-state index in [1.807, 2.05) is 29.8 Å². The molecule has 1 N–H and O–H groups in total. The smallest absolute Gasteiger partial charge is 0.247 e. The Morgan fingerprint density at radius 2 is 1.85 bits per heavy atom. The molecule has 0 unspecified atom stereocenters. The Balaban J connectivity index is 1.52. The number of aromatic nitrogens is 5. The third-order valence-corrected chi connectivity index (χ3v) is 5.36. The molecule has 0 fully saturated rings. The van der Waals surface area contributed by atoms with Gasteiger partial charge in [-0.15, -0.1) is 5.10 Å². The van der Waals surface area contributed by atoms with Crippen molar-refractivity contribution in [1.29, 1.82) is 0 Å². The number of methoxy groups -OCH3 is 1. The van der Waals surface area contributed by atoms with Gasteiger partial charge in [0.05, 0.1) is 36.0 Å². The lowest BCUT2D eigenvalue weighted by atomic mass is 10.1. The first-order valence-corrected chi connectivity index (χ1v) is 10.3. The molecule has 0 atom stereocenters. The van der Waals surface area contributed by atoms with E-state index in [4.69, 9.17) is 16.3 Å². The molecule has 0 aliphatic carbocycles. The van der Waals surface area contributed by atoms with Crippen LogP contribution in [0.1, 0.15) is 5.69 Å². The van der Waals surface area contributed by atoms with Gasteiger partial charge in [-0.25, -0.2) is 18.3 Å². The maximum absolute atomic E-state index is 14.3. The third kappa shape index (κ3) is 3.98.